The third-order valence-corrected chi connectivity index (χ3v) is 4.05. The zero-order valence-electron chi connectivity index (χ0n) is 13.9. The highest BCUT2D eigenvalue weighted by Gasteiger charge is 2.32. The highest BCUT2D eigenvalue weighted by atomic mass is 19.1. The molecule has 1 aliphatic rings. The number of hydrogen-bond acceptors (Lipinski definition) is 3. The molecule has 1 heterocycles. The summed E-state index contributed by atoms with van der Waals surface area (Å²) in [6, 6.07) is 12.9. The van der Waals surface area contributed by atoms with Gasteiger partial charge in [0.25, 0.3) is 0 Å². The van der Waals surface area contributed by atoms with E-state index in [-0.39, 0.29) is 17.6 Å². The van der Waals surface area contributed by atoms with Crippen molar-refractivity contribution in [3.05, 3.63) is 59.9 Å². The van der Waals surface area contributed by atoms with Crippen LogP contribution in [0.1, 0.15) is 18.9 Å². The van der Waals surface area contributed by atoms with Crippen LogP contribution in [0.3, 0.4) is 0 Å². The van der Waals surface area contributed by atoms with Gasteiger partial charge in [-0.3, -0.25) is 9.59 Å². The van der Waals surface area contributed by atoms with Crippen LogP contribution >= 0.6 is 0 Å². The summed E-state index contributed by atoms with van der Waals surface area (Å²) in [5.74, 6) is 0.0824. The Hall–Kier alpha value is -2.89. The minimum absolute atomic E-state index is 0.102. The quantitative estimate of drug-likeness (QED) is 0.909. The van der Waals surface area contributed by atoms with Crippen LogP contribution in [0.2, 0.25) is 0 Å². The largest absolute Gasteiger partial charge is 0.489 e. The molecule has 1 unspecified atom stereocenters. The molecule has 0 spiro atoms. The van der Waals surface area contributed by atoms with Gasteiger partial charge in [-0.2, -0.15) is 0 Å². The van der Waals surface area contributed by atoms with Crippen molar-refractivity contribution in [2.75, 3.05) is 11.4 Å². The number of hydrogen-bond donors (Lipinski definition) is 1. The summed E-state index contributed by atoms with van der Waals surface area (Å²) in [5, 5.41) is 2.66. The van der Waals surface area contributed by atoms with Crippen LogP contribution < -0.4 is 15.0 Å². The third kappa shape index (κ3) is 4.15. The summed E-state index contributed by atoms with van der Waals surface area (Å²) in [6.07, 6.45) is 0.598. The Morgan fingerprint density at radius 2 is 1.88 bits per heavy atom. The molecule has 25 heavy (non-hydrogen) atoms. The van der Waals surface area contributed by atoms with Crippen LogP contribution in [-0.2, 0) is 16.2 Å². The van der Waals surface area contributed by atoms with Gasteiger partial charge in [0, 0.05) is 19.2 Å². The summed E-state index contributed by atoms with van der Waals surface area (Å²) in [6.45, 7) is 2.32. The lowest BCUT2D eigenvalue weighted by Crippen LogP contribution is -2.40. The van der Waals surface area contributed by atoms with Gasteiger partial charge in [-0.15, -0.1) is 0 Å². The lowest BCUT2D eigenvalue weighted by Gasteiger charge is -2.17. The fourth-order valence-electron chi connectivity index (χ4n) is 2.79. The van der Waals surface area contributed by atoms with Gasteiger partial charge in [-0.1, -0.05) is 12.1 Å². The lowest BCUT2D eigenvalue weighted by molar-refractivity contribution is -0.125. The van der Waals surface area contributed by atoms with E-state index in [1.807, 2.05) is 12.1 Å². The fraction of sp³-hybridized carbons (Fsp3) is 0.263. The smallest absolute Gasteiger partial charge is 0.249 e. The second-order valence-electron chi connectivity index (χ2n) is 5.94. The molecule has 0 aromatic heterocycles. The number of halogens is 1. The van der Waals surface area contributed by atoms with Crippen molar-refractivity contribution in [2.24, 2.45) is 0 Å². The molecule has 0 aliphatic carbocycles. The molecule has 130 valence electrons. The molecule has 0 bridgehead atoms. The maximum Gasteiger partial charge on any atom is 0.249 e. The molecule has 1 saturated heterocycles. The van der Waals surface area contributed by atoms with Gasteiger partial charge in [0.15, 0.2) is 0 Å². The average Bonchev–Trinajstić information content (AvgIpc) is 2.95. The molecule has 1 N–H and O–H groups in total. The van der Waals surface area contributed by atoms with Gasteiger partial charge in [-0.05, 0) is 48.4 Å². The first-order valence-corrected chi connectivity index (χ1v) is 8.09. The molecule has 2 amide bonds. The Labute approximate surface area is 145 Å². The predicted octanol–water partition coefficient (Wildman–Crippen LogP) is 2.65. The molecular formula is C19H19FN2O3. The molecule has 0 radical (unpaired) electrons. The number of carbonyl (C=O) groups is 2. The molecule has 1 aliphatic heterocycles. The number of amides is 2. The number of rotatable bonds is 5. The van der Waals surface area contributed by atoms with E-state index in [4.69, 9.17) is 4.74 Å². The van der Waals surface area contributed by atoms with E-state index >= 15 is 0 Å². The monoisotopic (exact) mass is 342 g/mol. The van der Waals surface area contributed by atoms with Gasteiger partial charge >= 0.3 is 0 Å². The van der Waals surface area contributed by atoms with Gasteiger partial charge in [0.05, 0.1) is 0 Å². The standard InChI is InChI=1S/C19H19FN2O3/c1-13(23)21-18-10-11-22(19(18)24)16-6-8-17(9-7-16)25-12-14-2-4-15(20)5-3-14/h2-9,18H,10-12H2,1H3,(H,21,23). The van der Waals surface area contributed by atoms with Crippen molar-refractivity contribution < 1.29 is 18.7 Å². The van der Waals surface area contributed by atoms with E-state index in [1.165, 1.54) is 19.1 Å². The zero-order chi connectivity index (χ0) is 17.8. The summed E-state index contributed by atoms with van der Waals surface area (Å²) in [4.78, 5) is 25.1. The first-order chi connectivity index (χ1) is 12.0. The summed E-state index contributed by atoms with van der Waals surface area (Å²) < 4.78 is 18.5. The highest BCUT2D eigenvalue weighted by Crippen LogP contribution is 2.24. The van der Waals surface area contributed by atoms with Crippen molar-refractivity contribution in [3.63, 3.8) is 0 Å². The predicted molar refractivity (Wildman–Crippen MR) is 91.7 cm³/mol. The van der Waals surface area contributed by atoms with E-state index in [2.05, 4.69) is 5.32 Å². The number of ether oxygens (including phenoxy) is 1. The Morgan fingerprint density at radius 3 is 2.52 bits per heavy atom. The molecule has 6 heteroatoms. The second kappa shape index (κ2) is 7.34. The molecule has 1 fully saturated rings. The van der Waals surface area contributed by atoms with Crippen molar-refractivity contribution in [1.29, 1.82) is 0 Å². The minimum atomic E-state index is -0.452. The summed E-state index contributed by atoms with van der Waals surface area (Å²) in [7, 11) is 0. The number of nitrogens with one attached hydrogen (secondary N) is 1. The zero-order valence-corrected chi connectivity index (χ0v) is 13.9. The fourth-order valence-corrected chi connectivity index (χ4v) is 2.79. The SMILES string of the molecule is CC(=O)NC1CCN(c2ccc(OCc3ccc(F)cc3)cc2)C1=O. The number of carbonyl (C=O) groups excluding carboxylic acids is 2. The van der Waals surface area contributed by atoms with Gasteiger partial charge in [0.2, 0.25) is 11.8 Å². The molecule has 1 atom stereocenters. The van der Waals surface area contributed by atoms with Crippen LogP contribution in [0, 0.1) is 5.82 Å². The number of benzene rings is 2. The first kappa shape index (κ1) is 17.0. The Balaban J connectivity index is 1.59. The molecule has 0 saturated carbocycles. The van der Waals surface area contributed by atoms with Crippen LogP contribution in [0.5, 0.6) is 5.75 Å². The maximum absolute atomic E-state index is 12.9. The highest BCUT2D eigenvalue weighted by molar-refractivity contribution is 6.01. The van der Waals surface area contributed by atoms with E-state index in [1.54, 1.807) is 29.2 Å². The third-order valence-electron chi connectivity index (χ3n) is 4.05. The Kier molecular flexibility index (Phi) is 4.97. The Morgan fingerprint density at radius 1 is 1.20 bits per heavy atom. The van der Waals surface area contributed by atoms with Gasteiger partial charge in [0.1, 0.15) is 24.2 Å². The van der Waals surface area contributed by atoms with Crippen molar-refractivity contribution >= 4 is 17.5 Å². The van der Waals surface area contributed by atoms with Gasteiger partial charge < -0.3 is 15.0 Å². The molecule has 2 aromatic carbocycles. The molecule has 5 nitrogen and oxygen atoms in total. The van der Waals surface area contributed by atoms with E-state index in [0.29, 0.717) is 25.3 Å². The van der Waals surface area contributed by atoms with E-state index < -0.39 is 6.04 Å². The van der Waals surface area contributed by atoms with E-state index in [0.717, 1.165) is 11.3 Å². The second-order valence-corrected chi connectivity index (χ2v) is 5.94. The van der Waals surface area contributed by atoms with Crippen molar-refractivity contribution in [3.8, 4) is 5.75 Å². The molecule has 3 rings (SSSR count). The van der Waals surface area contributed by atoms with Crippen molar-refractivity contribution in [2.45, 2.75) is 26.0 Å². The first-order valence-electron chi connectivity index (χ1n) is 8.09. The van der Waals surface area contributed by atoms with Crippen LogP contribution in [0.25, 0.3) is 0 Å². The lowest BCUT2D eigenvalue weighted by atomic mass is 10.2. The van der Waals surface area contributed by atoms with Crippen LogP contribution in [0.15, 0.2) is 48.5 Å². The normalized spacial score (nSPS) is 16.8. The van der Waals surface area contributed by atoms with E-state index in [9.17, 15) is 14.0 Å². The number of nitrogens with zero attached hydrogens (tertiary/aromatic N) is 1. The minimum Gasteiger partial charge on any atom is -0.489 e. The summed E-state index contributed by atoms with van der Waals surface area (Å²) >= 11 is 0. The Bertz CT molecular complexity index is 759. The van der Waals surface area contributed by atoms with Crippen molar-refractivity contribution in [1.82, 2.24) is 5.32 Å². The van der Waals surface area contributed by atoms with Gasteiger partial charge in [-0.25, -0.2) is 4.39 Å². The molecule has 2 aromatic rings. The maximum atomic E-state index is 12.9. The topological polar surface area (TPSA) is 58.6 Å². The number of anilines is 1. The van der Waals surface area contributed by atoms with Crippen LogP contribution in [-0.4, -0.2) is 24.4 Å². The van der Waals surface area contributed by atoms with Crippen LogP contribution in [0.4, 0.5) is 10.1 Å². The molecular weight excluding hydrogens is 323 g/mol. The average molecular weight is 342 g/mol. The summed E-state index contributed by atoms with van der Waals surface area (Å²) in [5.41, 5.74) is 1.64.